The first-order valence-electron chi connectivity index (χ1n) is 10.1. The number of rotatable bonds is 9. The second kappa shape index (κ2) is 9.58. The number of nitriles is 1. The fourth-order valence-corrected chi connectivity index (χ4v) is 4.77. The predicted molar refractivity (Wildman–Crippen MR) is 99.5 cm³/mol. The average Bonchev–Trinajstić information content (AvgIpc) is 3.13. The highest BCUT2D eigenvalue weighted by Crippen LogP contribution is 2.63. The lowest BCUT2D eigenvalue weighted by Gasteiger charge is -2.42. The van der Waals surface area contributed by atoms with E-state index in [1.807, 2.05) is 0 Å². The third-order valence-corrected chi connectivity index (χ3v) is 6.97. The van der Waals surface area contributed by atoms with Gasteiger partial charge in [-0.2, -0.15) is 66.7 Å². The number of fused-ring (bicyclic) bond motifs is 1. The van der Waals surface area contributed by atoms with Crippen LogP contribution in [-0.2, 0) is 17.6 Å². The summed E-state index contributed by atoms with van der Waals surface area (Å²) in [6.45, 7) is 1.69. The van der Waals surface area contributed by atoms with Gasteiger partial charge in [-0.05, 0) is 30.7 Å². The Kier molecular flexibility index (Phi) is 8.04. The summed E-state index contributed by atoms with van der Waals surface area (Å²) in [5, 5.41) is 9.14. The van der Waals surface area contributed by atoms with Crippen LogP contribution in [0.5, 0.6) is 0 Å². The Morgan fingerprint density at radius 1 is 0.872 bits per heavy atom. The van der Waals surface area contributed by atoms with Gasteiger partial charge in [-0.1, -0.05) is 6.92 Å². The van der Waals surface area contributed by atoms with E-state index in [0.717, 1.165) is 5.32 Å². The summed E-state index contributed by atoms with van der Waals surface area (Å²) in [6.07, 6.45) is -5.24. The van der Waals surface area contributed by atoms with E-state index in [2.05, 4.69) is 0 Å². The maximum atomic E-state index is 14.2. The van der Waals surface area contributed by atoms with Crippen molar-refractivity contribution in [2.45, 2.75) is 74.1 Å². The molecule has 1 aliphatic rings. The minimum atomic E-state index is -8.59. The Labute approximate surface area is 210 Å². The van der Waals surface area contributed by atoms with Crippen molar-refractivity contribution in [3.63, 3.8) is 0 Å². The van der Waals surface area contributed by atoms with Crippen LogP contribution in [0.2, 0.25) is 0 Å². The van der Waals surface area contributed by atoms with Crippen molar-refractivity contribution in [1.82, 2.24) is 0 Å². The third-order valence-electron chi connectivity index (χ3n) is 5.80. The molecule has 1 N–H and O–H groups in total. The average molecular weight is 620 g/mol. The number of carbonyl (C=O) groups excluding carboxylic acids is 1. The standard InChI is InChI=1S/C19H12F16N2OS/c1-6-2-3-7-8(5-36)10(39-9(7)4-6)37-12(38)14(24,25)16(28,29)18(32,33)19(34,35)17(30,31)15(26,27)13(22,23)11(20)21/h6,11H,2-4H2,1H3,(H,37,38). The number of carbonyl (C=O) groups is 1. The smallest absolute Gasteiger partial charge is 0.311 e. The highest BCUT2D eigenvalue weighted by Gasteiger charge is 2.94. The predicted octanol–water partition coefficient (Wildman–Crippen LogP) is 7.40. The molecule has 1 amide bonds. The third kappa shape index (κ3) is 4.47. The van der Waals surface area contributed by atoms with Gasteiger partial charge in [0.2, 0.25) is 0 Å². The maximum Gasteiger partial charge on any atom is 0.393 e. The van der Waals surface area contributed by atoms with Gasteiger partial charge in [0.05, 0.1) is 5.56 Å². The summed E-state index contributed by atoms with van der Waals surface area (Å²) < 4.78 is 215. The molecule has 0 fully saturated rings. The molecular weight excluding hydrogens is 608 g/mol. The quantitative estimate of drug-likeness (QED) is 0.293. The molecule has 0 saturated carbocycles. The summed E-state index contributed by atoms with van der Waals surface area (Å²) in [4.78, 5) is 12.1. The van der Waals surface area contributed by atoms with E-state index < -0.39 is 64.4 Å². The van der Waals surface area contributed by atoms with Crippen molar-refractivity contribution < 1.29 is 75.0 Å². The van der Waals surface area contributed by atoms with Crippen molar-refractivity contribution in [2.75, 3.05) is 5.32 Å². The van der Waals surface area contributed by atoms with Crippen molar-refractivity contribution in [3.05, 3.63) is 16.0 Å². The molecule has 0 radical (unpaired) electrons. The molecule has 1 atom stereocenters. The molecule has 1 heterocycles. The SMILES string of the molecule is CC1CCc2c(sc(NC(=O)C(F)(F)C(F)(F)C(F)(F)C(F)(F)C(F)(F)C(F)(F)C(F)(F)C(F)F)c2C#N)C1. The summed E-state index contributed by atoms with van der Waals surface area (Å²) in [6, 6.07) is 1.41. The van der Waals surface area contributed by atoms with Gasteiger partial charge in [-0.3, -0.25) is 4.79 Å². The van der Waals surface area contributed by atoms with E-state index in [-0.39, 0.29) is 29.2 Å². The van der Waals surface area contributed by atoms with Crippen molar-refractivity contribution in [2.24, 2.45) is 5.92 Å². The zero-order chi connectivity index (χ0) is 30.8. The molecule has 1 aliphatic carbocycles. The second-order valence-corrected chi connectivity index (χ2v) is 9.60. The van der Waals surface area contributed by atoms with Gasteiger partial charge in [0.1, 0.15) is 11.1 Å². The van der Waals surface area contributed by atoms with Crippen LogP contribution >= 0.6 is 11.3 Å². The molecule has 2 rings (SSSR count). The number of alkyl halides is 16. The molecule has 0 bridgehead atoms. The molecule has 39 heavy (non-hydrogen) atoms. The van der Waals surface area contributed by atoms with E-state index in [9.17, 15) is 80.3 Å². The van der Waals surface area contributed by atoms with Gasteiger partial charge in [0, 0.05) is 4.88 Å². The first-order valence-corrected chi connectivity index (χ1v) is 10.9. The molecule has 20 heteroatoms. The van der Waals surface area contributed by atoms with Crippen LogP contribution in [0.15, 0.2) is 0 Å². The first kappa shape index (κ1) is 32.8. The number of thiophene rings is 1. The zero-order valence-corrected chi connectivity index (χ0v) is 19.4. The van der Waals surface area contributed by atoms with Crippen LogP contribution in [0.4, 0.5) is 75.2 Å². The van der Waals surface area contributed by atoms with Crippen LogP contribution in [0.3, 0.4) is 0 Å². The van der Waals surface area contributed by atoms with E-state index >= 15 is 0 Å². The first-order chi connectivity index (χ1) is 17.3. The van der Waals surface area contributed by atoms with Gasteiger partial charge in [-0.25, -0.2) is 8.78 Å². The summed E-state index contributed by atoms with van der Waals surface area (Å²) in [5.41, 5.74) is -0.462. The van der Waals surface area contributed by atoms with Gasteiger partial charge in [-0.15, -0.1) is 11.3 Å². The van der Waals surface area contributed by atoms with Gasteiger partial charge in [0.25, 0.3) is 0 Å². The number of anilines is 1. The minimum absolute atomic E-state index is 0.0600. The molecular formula is C19H12F16N2OS. The highest BCUT2D eigenvalue weighted by molar-refractivity contribution is 7.16. The summed E-state index contributed by atoms with van der Waals surface area (Å²) >= 11 is 0.330. The lowest BCUT2D eigenvalue weighted by Crippen LogP contribution is -2.74. The van der Waals surface area contributed by atoms with E-state index in [1.54, 1.807) is 6.92 Å². The van der Waals surface area contributed by atoms with Gasteiger partial charge in [0.15, 0.2) is 0 Å². The Morgan fingerprint density at radius 2 is 1.33 bits per heavy atom. The second-order valence-electron chi connectivity index (χ2n) is 8.49. The molecule has 1 unspecified atom stereocenters. The van der Waals surface area contributed by atoms with Gasteiger partial charge < -0.3 is 5.32 Å². The number of nitrogens with one attached hydrogen (secondary N) is 1. The lowest BCUT2D eigenvalue weighted by atomic mass is 9.88. The molecule has 222 valence electrons. The lowest BCUT2D eigenvalue weighted by molar-refractivity contribution is -0.443. The minimum Gasteiger partial charge on any atom is -0.311 e. The Hall–Kier alpha value is -2.46. The number of hydrogen-bond acceptors (Lipinski definition) is 3. The summed E-state index contributed by atoms with van der Waals surface area (Å²) in [7, 11) is 0. The van der Waals surface area contributed by atoms with Gasteiger partial charge >= 0.3 is 53.8 Å². The Morgan fingerprint density at radius 3 is 1.79 bits per heavy atom. The Bertz CT molecular complexity index is 1150. The van der Waals surface area contributed by atoms with Crippen molar-refractivity contribution >= 4 is 22.2 Å². The van der Waals surface area contributed by atoms with Crippen molar-refractivity contribution in [1.29, 1.82) is 5.26 Å². The van der Waals surface area contributed by atoms with E-state index in [4.69, 9.17) is 0 Å². The van der Waals surface area contributed by atoms with Crippen LogP contribution in [-0.4, -0.2) is 53.8 Å². The topological polar surface area (TPSA) is 52.9 Å². The molecule has 0 spiro atoms. The molecule has 3 nitrogen and oxygen atoms in total. The summed E-state index contributed by atoms with van der Waals surface area (Å²) in [5.74, 6) is -60.2. The van der Waals surface area contributed by atoms with E-state index in [1.165, 1.54) is 6.07 Å². The molecule has 0 saturated heterocycles. The molecule has 1 aromatic heterocycles. The largest absolute Gasteiger partial charge is 0.393 e. The normalized spacial score (nSPS) is 18.1. The monoisotopic (exact) mass is 620 g/mol. The van der Waals surface area contributed by atoms with E-state index in [0.29, 0.717) is 17.8 Å². The fraction of sp³-hybridized carbons (Fsp3) is 0.684. The number of amides is 1. The highest BCUT2D eigenvalue weighted by atomic mass is 32.1. The fourth-order valence-electron chi connectivity index (χ4n) is 3.42. The maximum absolute atomic E-state index is 14.2. The number of halogens is 16. The van der Waals surface area contributed by atoms with Crippen LogP contribution in [0.1, 0.15) is 29.3 Å². The molecule has 0 aliphatic heterocycles. The van der Waals surface area contributed by atoms with Crippen LogP contribution in [0.25, 0.3) is 0 Å². The van der Waals surface area contributed by atoms with Crippen LogP contribution < -0.4 is 5.32 Å². The molecule has 1 aromatic rings. The molecule has 0 aromatic carbocycles. The Balaban J connectivity index is 2.53. The number of hydrogen-bond donors (Lipinski definition) is 1. The zero-order valence-electron chi connectivity index (χ0n) is 18.6. The van der Waals surface area contributed by atoms with Crippen molar-refractivity contribution in [3.8, 4) is 6.07 Å². The van der Waals surface area contributed by atoms with Crippen LogP contribution in [0, 0.1) is 17.2 Å². The number of nitrogens with zero attached hydrogens (tertiary/aromatic N) is 1.